The first kappa shape index (κ1) is 21.0. The molecule has 3 aromatic rings. The van der Waals surface area contributed by atoms with Gasteiger partial charge in [-0.05, 0) is 61.0 Å². The first-order valence-corrected chi connectivity index (χ1v) is 9.50. The van der Waals surface area contributed by atoms with Crippen LogP contribution in [0, 0.1) is 5.82 Å². The van der Waals surface area contributed by atoms with E-state index in [4.69, 9.17) is 9.47 Å². The van der Waals surface area contributed by atoms with Crippen LogP contribution in [0.25, 0.3) is 0 Å². The Kier molecular flexibility index (Phi) is 6.80. The molecule has 1 amide bonds. The molecular formula is C24H22FNO4. The number of methoxy groups -OCH3 is 1. The summed E-state index contributed by atoms with van der Waals surface area (Å²) in [5.41, 5.74) is 1.86. The van der Waals surface area contributed by atoms with Crippen molar-refractivity contribution in [3.8, 4) is 11.5 Å². The molecule has 0 N–H and O–H groups in total. The van der Waals surface area contributed by atoms with Gasteiger partial charge >= 0.3 is 5.97 Å². The predicted molar refractivity (Wildman–Crippen MR) is 111 cm³/mol. The smallest absolute Gasteiger partial charge is 0.337 e. The molecule has 0 aliphatic carbocycles. The Morgan fingerprint density at radius 2 is 1.53 bits per heavy atom. The number of para-hydroxylation sites is 1. The maximum Gasteiger partial charge on any atom is 0.337 e. The minimum Gasteiger partial charge on any atom is -0.465 e. The molecule has 5 nitrogen and oxygen atoms in total. The summed E-state index contributed by atoms with van der Waals surface area (Å²) >= 11 is 0. The lowest BCUT2D eigenvalue weighted by atomic mass is 10.1. The van der Waals surface area contributed by atoms with Crippen LogP contribution >= 0.6 is 0 Å². The normalized spacial score (nSPS) is 10.4. The maximum atomic E-state index is 13.7. The Balaban J connectivity index is 1.68. The minimum atomic E-state index is -0.451. The fourth-order valence-electron chi connectivity index (χ4n) is 2.91. The van der Waals surface area contributed by atoms with Gasteiger partial charge in [-0.2, -0.15) is 0 Å². The number of carbonyl (C=O) groups excluding carboxylic acids is 2. The molecule has 0 aromatic heterocycles. The molecule has 0 atom stereocenters. The van der Waals surface area contributed by atoms with Gasteiger partial charge in [0, 0.05) is 18.7 Å². The van der Waals surface area contributed by atoms with Crippen molar-refractivity contribution >= 4 is 11.9 Å². The maximum absolute atomic E-state index is 13.7. The van der Waals surface area contributed by atoms with Crippen LogP contribution in [0.5, 0.6) is 11.5 Å². The summed E-state index contributed by atoms with van der Waals surface area (Å²) in [4.78, 5) is 26.1. The van der Waals surface area contributed by atoms with Gasteiger partial charge in [0.1, 0.15) is 5.75 Å². The van der Waals surface area contributed by atoms with Gasteiger partial charge in [0.15, 0.2) is 11.6 Å². The molecule has 0 fully saturated rings. The lowest BCUT2D eigenvalue weighted by Crippen LogP contribution is -2.30. The average Bonchev–Trinajstić information content (AvgIpc) is 2.79. The number of ether oxygens (including phenoxy) is 2. The lowest BCUT2D eigenvalue weighted by molar-refractivity contribution is 0.0600. The molecule has 154 valence electrons. The Hall–Kier alpha value is -3.67. The van der Waals surface area contributed by atoms with E-state index in [1.165, 1.54) is 13.2 Å². The Bertz CT molecular complexity index is 1020. The molecule has 0 heterocycles. The number of benzene rings is 3. The van der Waals surface area contributed by atoms with Crippen LogP contribution in [0.2, 0.25) is 0 Å². The van der Waals surface area contributed by atoms with Gasteiger partial charge in [-0.3, -0.25) is 4.79 Å². The highest BCUT2D eigenvalue weighted by Crippen LogP contribution is 2.24. The molecule has 0 unspecified atom stereocenters. The van der Waals surface area contributed by atoms with Crippen LogP contribution in [-0.4, -0.2) is 30.4 Å². The number of nitrogens with zero attached hydrogens (tertiary/aromatic N) is 1. The molecule has 0 spiro atoms. The van der Waals surface area contributed by atoms with Crippen LogP contribution in [-0.2, 0) is 11.3 Å². The van der Waals surface area contributed by atoms with Gasteiger partial charge in [-0.25, -0.2) is 9.18 Å². The summed E-state index contributed by atoms with van der Waals surface area (Å²) in [6, 6.07) is 19.7. The van der Waals surface area contributed by atoms with Crippen molar-refractivity contribution in [2.45, 2.75) is 13.5 Å². The molecule has 0 aliphatic heterocycles. The van der Waals surface area contributed by atoms with Gasteiger partial charge < -0.3 is 14.4 Å². The number of esters is 1. The molecular weight excluding hydrogens is 385 g/mol. The Labute approximate surface area is 174 Å². The number of carbonyl (C=O) groups is 2. The molecule has 0 bridgehead atoms. The van der Waals surface area contributed by atoms with Crippen molar-refractivity contribution in [3.63, 3.8) is 0 Å². The van der Waals surface area contributed by atoms with E-state index in [2.05, 4.69) is 0 Å². The van der Waals surface area contributed by atoms with E-state index in [-0.39, 0.29) is 11.7 Å². The number of hydrogen-bond acceptors (Lipinski definition) is 4. The highest BCUT2D eigenvalue weighted by Gasteiger charge is 2.15. The van der Waals surface area contributed by atoms with Crippen molar-refractivity contribution in [1.29, 1.82) is 0 Å². The van der Waals surface area contributed by atoms with E-state index in [0.717, 1.165) is 5.56 Å². The van der Waals surface area contributed by atoms with Crippen LogP contribution in [0.1, 0.15) is 33.2 Å². The zero-order valence-corrected chi connectivity index (χ0v) is 16.8. The summed E-state index contributed by atoms with van der Waals surface area (Å²) < 4.78 is 23.9. The first-order chi connectivity index (χ1) is 14.5. The monoisotopic (exact) mass is 407 g/mol. The fraction of sp³-hybridized carbons (Fsp3) is 0.167. The number of hydrogen-bond donors (Lipinski definition) is 0. The van der Waals surface area contributed by atoms with E-state index in [0.29, 0.717) is 30.0 Å². The molecule has 0 saturated carbocycles. The molecule has 0 aliphatic rings. The lowest BCUT2D eigenvalue weighted by Gasteiger charge is -2.21. The topological polar surface area (TPSA) is 55.8 Å². The SMILES string of the molecule is CCN(Cc1ccc(C(=O)OC)cc1)C(=O)c1ccc(Oc2ccccc2F)cc1. The highest BCUT2D eigenvalue weighted by atomic mass is 19.1. The van der Waals surface area contributed by atoms with Crippen molar-refractivity contribution in [1.82, 2.24) is 4.90 Å². The third-order valence-electron chi connectivity index (χ3n) is 4.58. The largest absolute Gasteiger partial charge is 0.465 e. The molecule has 0 saturated heterocycles. The van der Waals surface area contributed by atoms with E-state index < -0.39 is 11.8 Å². The minimum absolute atomic E-state index is 0.127. The fourth-order valence-corrected chi connectivity index (χ4v) is 2.91. The van der Waals surface area contributed by atoms with Crippen LogP contribution in [0.4, 0.5) is 4.39 Å². The average molecular weight is 407 g/mol. The van der Waals surface area contributed by atoms with E-state index in [9.17, 15) is 14.0 Å². The van der Waals surface area contributed by atoms with Gasteiger partial charge in [-0.1, -0.05) is 24.3 Å². The van der Waals surface area contributed by atoms with E-state index >= 15 is 0 Å². The van der Waals surface area contributed by atoms with Gasteiger partial charge in [0.25, 0.3) is 5.91 Å². The molecule has 3 rings (SSSR count). The number of halogens is 1. The third-order valence-corrected chi connectivity index (χ3v) is 4.58. The summed E-state index contributed by atoms with van der Waals surface area (Å²) in [6.45, 7) is 2.83. The van der Waals surface area contributed by atoms with Crippen LogP contribution < -0.4 is 4.74 Å². The van der Waals surface area contributed by atoms with Crippen molar-refractivity contribution in [3.05, 3.63) is 95.3 Å². The molecule has 0 radical (unpaired) electrons. The molecule has 3 aromatic carbocycles. The summed E-state index contributed by atoms with van der Waals surface area (Å²) in [6.07, 6.45) is 0. The highest BCUT2D eigenvalue weighted by molar-refractivity contribution is 5.94. The second kappa shape index (κ2) is 9.69. The molecule has 6 heteroatoms. The first-order valence-electron chi connectivity index (χ1n) is 9.50. The second-order valence-electron chi connectivity index (χ2n) is 6.56. The Morgan fingerprint density at radius 3 is 2.13 bits per heavy atom. The predicted octanol–water partition coefficient (Wildman–Crippen LogP) is 5.07. The standard InChI is InChI=1S/C24H22FNO4/c1-3-26(16-17-8-10-19(11-9-17)24(28)29-2)23(27)18-12-14-20(15-13-18)30-22-7-5-4-6-21(22)25/h4-15H,3,16H2,1-2H3. The third kappa shape index (κ3) is 5.03. The van der Waals surface area contributed by atoms with Crippen molar-refractivity contribution in [2.75, 3.05) is 13.7 Å². The summed E-state index contributed by atoms with van der Waals surface area (Å²) in [5.74, 6) is -0.414. The van der Waals surface area contributed by atoms with E-state index in [1.807, 2.05) is 6.92 Å². The quantitative estimate of drug-likeness (QED) is 0.513. The van der Waals surface area contributed by atoms with Crippen LogP contribution in [0.15, 0.2) is 72.8 Å². The van der Waals surface area contributed by atoms with Crippen molar-refractivity contribution < 1.29 is 23.5 Å². The number of amides is 1. The summed E-state index contributed by atoms with van der Waals surface area (Å²) in [5, 5.41) is 0. The zero-order valence-electron chi connectivity index (χ0n) is 16.8. The van der Waals surface area contributed by atoms with Crippen molar-refractivity contribution in [2.24, 2.45) is 0 Å². The van der Waals surface area contributed by atoms with E-state index in [1.54, 1.807) is 71.6 Å². The Morgan fingerprint density at radius 1 is 0.900 bits per heavy atom. The number of rotatable bonds is 7. The summed E-state index contributed by atoms with van der Waals surface area (Å²) in [7, 11) is 1.33. The zero-order chi connectivity index (χ0) is 21.5. The van der Waals surface area contributed by atoms with Gasteiger partial charge in [0.2, 0.25) is 0 Å². The molecule has 30 heavy (non-hydrogen) atoms. The van der Waals surface area contributed by atoms with Gasteiger partial charge in [-0.15, -0.1) is 0 Å². The van der Waals surface area contributed by atoms with Gasteiger partial charge in [0.05, 0.1) is 12.7 Å². The second-order valence-corrected chi connectivity index (χ2v) is 6.56. The van der Waals surface area contributed by atoms with Crippen LogP contribution in [0.3, 0.4) is 0 Å².